The lowest BCUT2D eigenvalue weighted by Crippen LogP contribution is -2.49. The SMILES string of the molecule is CN(c1ccc(C(=O)Nc2c(C(=O)N([C@@H]3CCN(C#N)C3)[C@@H]3CCN(C#N)C3)n(C)c3cc(-c4cnn(C)c4)ccc23)c(F)c1)S(=O)(=O)c1ccccc1. The van der Waals surface area contributed by atoms with Crippen LogP contribution in [0.15, 0.2) is 84.0 Å². The molecule has 4 heterocycles. The summed E-state index contributed by atoms with van der Waals surface area (Å²) in [5, 5.41) is 26.9. The van der Waals surface area contributed by atoms with Crippen LogP contribution in [0.3, 0.4) is 0 Å². The predicted molar refractivity (Wildman–Crippen MR) is 199 cm³/mol. The molecule has 3 aromatic carbocycles. The molecule has 2 aliphatic rings. The van der Waals surface area contributed by atoms with E-state index in [1.165, 1.54) is 31.3 Å². The molecule has 0 radical (unpaired) electrons. The maximum atomic E-state index is 15.8. The van der Waals surface area contributed by atoms with Gasteiger partial charge in [-0.2, -0.15) is 15.6 Å². The van der Waals surface area contributed by atoms with Gasteiger partial charge >= 0.3 is 0 Å². The highest BCUT2D eigenvalue weighted by Gasteiger charge is 2.41. The standard InChI is InChI=1S/C38H37FN10O4S/c1-44-20-26(19-42-44)25-9-11-32-34(17-25)45(2)36(38(51)49(28-13-15-47(21-28)23-40)29-14-16-48(22-29)24-41)35(32)43-37(50)31-12-10-27(18-33(31)39)46(3)54(52,53)30-7-5-4-6-8-30/h4-12,17-20,28-29H,13-16,21-22H2,1-3H3,(H,43,50)/t28-,29-/m1/s1. The number of aryl methyl sites for hydroxylation is 2. The molecule has 0 saturated carbocycles. The summed E-state index contributed by atoms with van der Waals surface area (Å²) in [4.78, 5) is 34.0. The van der Waals surface area contributed by atoms with Gasteiger partial charge in [-0.1, -0.05) is 30.3 Å². The molecule has 0 bridgehead atoms. The number of benzene rings is 3. The summed E-state index contributed by atoms with van der Waals surface area (Å²) >= 11 is 0. The van der Waals surface area contributed by atoms with Crippen LogP contribution in [0.25, 0.3) is 22.0 Å². The monoisotopic (exact) mass is 748 g/mol. The largest absolute Gasteiger partial charge is 0.338 e. The van der Waals surface area contributed by atoms with E-state index in [1.54, 1.807) is 61.5 Å². The van der Waals surface area contributed by atoms with Crippen molar-refractivity contribution in [3.63, 3.8) is 0 Å². The smallest absolute Gasteiger partial charge is 0.273 e. The Bertz CT molecular complexity index is 2440. The van der Waals surface area contributed by atoms with Crippen LogP contribution in [0.2, 0.25) is 0 Å². The van der Waals surface area contributed by atoms with Crippen molar-refractivity contribution < 1.29 is 22.4 Å². The lowest BCUT2D eigenvalue weighted by molar-refractivity contribution is 0.0586. The minimum absolute atomic E-state index is 0.0125. The van der Waals surface area contributed by atoms with Gasteiger partial charge in [0.25, 0.3) is 21.8 Å². The van der Waals surface area contributed by atoms with Crippen molar-refractivity contribution in [3.8, 4) is 23.5 Å². The number of rotatable bonds is 9. The van der Waals surface area contributed by atoms with Gasteiger partial charge in [-0.25, -0.2) is 12.8 Å². The van der Waals surface area contributed by atoms with Crippen molar-refractivity contribution in [1.29, 1.82) is 10.5 Å². The molecular formula is C38H37FN10O4S. The van der Waals surface area contributed by atoms with E-state index < -0.39 is 27.7 Å². The number of halogens is 1. The molecule has 2 aliphatic heterocycles. The van der Waals surface area contributed by atoms with Gasteiger partial charge in [-0.3, -0.25) is 18.6 Å². The molecule has 2 fully saturated rings. The molecule has 7 rings (SSSR count). The summed E-state index contributed by atoms with van der Waals surface area (Å²) < 4.78 is 46.6. The van der Waals surface area contributed by atoms with Gasteiger partial charge < -0.3 is 24.6 Å². The Hall–Kier alpha value is -6.39. The third-order valence-electron chi connectivity index (χ3n) is 10.3. The number of aromatic nitrogens is 3. The first-order valence-electron chi connectivity index (χ1n) is 17.3. The van der Waals surface area contributed by atoms with E-state index in [4.69, 9.17) is 0 Å². The highest BCUT2D eigenvalue weighted by atomic mass is 32.2. The number of carbonyl (C=O) groups is 2. The first-order chi connectivity index (χ1) is 25.9. The molecule has 16 heteroatoms. The molecule has 2 amide bonds. The van der Waals surface area contributed by atoms with Gasteiger partial charge in [-0.15, -0.1) is 0 Å². The fourth-order valence-electron chi connectivity index (χ4n) is 7.39. The van der Waals surface area contributed by atoms with Crippen molar-refractivity contribution in [1.82, 2.24) is 29.0 Å². The number of hydrogen-bond donors (Lipinski definition) is 1. The summed E-state index contributed by atoms with van der Waals surface area (Å²) in [7, 11) is 0.826. The number of anilines is 2. The molecule has 0 aliphatic carbocycles. The van der Waals surface area contributed by atoms with E-state index in [9.17, 15) is 28.5 Å². The molecule has 5 aromatic rings. The molecule has 276 valence electrons. The fourth-order valence-corrected chi connectivity index (χ4v) is 8.60. The summed E-state index contributed by atoms with van der Waals surface area (Å²) in [6.45, 7) is 1.61. The van der Waals surface area contributed by atoms with Gasteiger partial charge in [0.2, 0.25) is 0 Å². The first-order valence-corrected chi connectivity index (χ1v) is 18.7. The topological polar surface area (TPSA) is 164 Å². The van der Waals surface area contributed by atoms with Gasteiger partial charge in [0, 0.05) is 64.5 Å². The van der Waals surface area contributed by atoms with Gasteiger partial charge in [0.1, 0.15) is 11.5 Å². The van der Waals surface area contributed by atoms with E-state index in [0.29, 0.717) is 49.9 Å². The maximum Gasteiger partial charge on any atom is 0.273 e. The maximum absolute atomic E-state index is 15.8. The van der Waals surface area contributed by atoms with Crippen LogP contribution in [0.1, 0.15) is 33.7 Å². The molecule has 0 spiro atoms. The van der Waals surface area contributed by atoms with Crippen LogP contribution >= 0.6 is 0 Å². The zero-order chi connectivity index (χ0) is 38.3. The normalized spacial score (nSPS) is 17.0. The summed E-state index contributed by atoms with van der Waals surface area (Å²) in [6.07, 6.45) is 9.02. The number of amides is 2. The van der Waals surface area contributed by atoms with E-state index in [0.717, 1.165) is 21.5 Å². The van der Waals surface area contributed by atoms with Gasteiger partial charge in [0.15, 0.2) is 12.4 Å². The van der Waals surface area contributed by atoms with E-state index >= 15 is 4.39 Å². The van der Waals surface area contributed by atoms with Crippen LogP contribution in [0.5, 0.6) is 0 Å². The zero-order valence-electron chi connectivity index (χ0n) is 29.8. The fraction of sp³-hybridized carbons (Fsp3) is 0.289. The van der Waals surface area contributed by atoms with Crippen molar-refractivity contribution in [2.45, 2.75) is 29.8 Å². The van der Waals surface area contributed by atoms with Crippen molar-refractivity contribution >= 4 is 44.1 Å². The van der Waals surface area contributed by atoms with Crippen molar-refractivity contribution in [2.24, 2.45) is 14.1 Å². The number of likely N-dealkylation sites (tertiary alicyclic amines) is 2. The first kappa shape index (κ1) is 36.0. The van der Waals surface area contributed by atoms with Gasteiger partial charge in [-0.05, 0) is 54.8 Å². The van der Waals surface area contributed by atoms with Crippen LogP contribution in [0.4, 0.5) is 15.8 Å². The number of nitriles is 2. The Morgan fingerprint density at radius 2 is 1.59 bits per heavy atom. The number of nitrogens with one attached hydrogen (secondary N) is 1. The molecule has 2 atom stereocenters. The lowest BCUT2D eigenvalue weighted by Gasteiger charge is -2.34. The van der Waals surface area contributed by atoms with E-state index in [1.807, 2.05) is 25.4 Å². The van der Waals surface area contributed by atoms with Crippen LogP contribution in [0, 0.1) is 28.7 Å². The molecule has 2 saturated heterocycles. The second-order valence-corrected chi connectivity index (χ2v) is 15.5. The molecule has 1 N–H and O–H groups in total. The zero-order valence-corrected chi connectivity index (χ0v) is 30.7. The number of hydrogen-bond acceptors (Lipinski definition) is 9. The third kappa shape index (κ3) is 6.45. The van der Waals surface area contributed by atoms with Crippen molar-refractivity contribution in [3.05, 3.63) is 96.2 Å². The third-order valence-corrected chi connectivity index (χ3v) is 12.1. The number of sulfonamides is 1. The Balaban J connectivity index is 1.29. The van der Waals surface area contributed by atoms with E-state index in [-0.39, 0.29) is 39.6 Å². The minimum atomic E-state index is -4.01. The van der Waals surface area contributed by atoms with E-state index in [2.05, 4.69) is 22.8 Å². The second-order valence-electron chi connectivity index (χ2n) is 13.5. The molecular weight excluding hydrogens is 712 g/mol. The average Bonchev–Trinajstić information content (AvgIpc) is 3.99. The number of carbonyl (C=O) groups excluding carboxylic acids is 2. The Kier molecular flexibility index (Phi) is 9.47. The summed E-state index contributed by atoms with van der Waals surface area (Å²) in [5.41, 5.74) is 2.26. The average molecular weight is 749 g/mol. The Morgan fingerprint density at radius 1 is 0.926 bits per heavy atom. The predicted octanol–water partition coefficient (Wildman–Crippen LogP) is 4.35. The number of nitrogens with zero attached hydrogens (tertiary/aromatic N) is 9. The lowest BCUT2D eigenvalue weighted by atomic mass is 10.1. The Labute approximate surface area is 311 Å². The quantitative estimate of drug-likeness (QED) is 0.216. The Morgan fingerprint density at radius 3 is 2.17 bits per heavy atom. The highest BCUT2D eigenvalue weighted by molar-refractivity contribution is 7.92. The highest BCUT2D eigenvalue weighted by Crippen LogP contribution is 2.37. The summed E-state index contributed by atoms with van der Waals surface area (Å²) in [5.74, 6) is -2.20. The molecule has 54 heavy (non-hydrogen) atoms. The van der Waals surface area contributed by atoms with Crippen molar-refractivity contribution in [2.75, 3.05) is 42.8 Å². The van der Waals surface area contributed by atoms with Gasteiger partial charge in [0.05, 0.1) is 45.6 Å². The van der Waals surface area contributed by atoms with Crippen LogP contribution in [-0.2, 0) is 24.1 Å². The molecule has 0 unspecified atom stereocenters. The summed E-state index contributed by atoms with van der Waals surface area (Å²) in [6, 6.07) is 16.1. The molecule has 2 aromatic heterocycles. The second kappa shape index (κ2) is 14.2. The molecule has 14 nitrogen and oxygen atoms in total. The van der Waals surface area contributed by atoms with Crippen LogP contribution < -0.4 is 9.62 Å². The van der Waals surface area contributed by atoms with Crippen LogP contribution in [-0.4, -0.2) is 94.6 Å². The number of fused-ring (bicyclic) bond motifs is 1. The minimum Gasteiger partial charge on any atom is -0.338 e.